The van der Waals surface area contributed by atoms with Gasteiger partial charge in [0.25, 0.3) is 5.56 Å². The first-order valence-electron chi connectivity index (χ1n) is 13.6. The number of halogens is 1. The van der Waals surface area contributed by atoms with Gasteiger partial charge in [0.2, 0.25) is 0 Å². The van der Waals surface area contributed by atoms with Crippen molar-refractivity contribution in [2.75, 3.05) is 20.3 Å². The number of thiazole rings is 1. The number of allylic oxidation sites excluding steroid dienone is 1. The summed E-state index contributed by atoms with van der Waals surface area (Å²) in [5, 5.41) is 1.95. The van der Waals surface area contributed by atoms with E-state index in [-0.39, 0.29) is 12.2 Å². The van der Waals surface area contributed by atoms with Crippen molar-refractivity contribution in [3.63, 3.8) is 0 Å². The molecule has 0 radical (unpaired) electrons. The lowest BCUT2D eigenvalue weighted by Crippen LogP contribution is -2.40. The van der Waals surface area contributed by atoms with Gasteiger partial charge in [-0.3, -0.25) is 9.36 Å². The lowest BCUT2D eigenvalue weighted by molar-refractivity contribution is -0.139. The Morgan fingerprint density at radius 1 is 1.05 bits per heavy atom. The highest BCUT2D eigenvalue weighted by Gasteiger charge is 2.36. The molecule has 0 amide bonds. The molecule has 2 heterocycles. The molecular formula is C32H31BrN2O5S. The fourth-order valence-corrected chi connectivity index (χ4v) is 6.57. The summed E-state index contributed by atoms with van der Waals surface area (Å²) in [7, 11) is 1.58. The van der Waals surface area contributed by atoms with E-state index in [0.717, 1.165) is 33.0 Å². The van der Waals surface area contributed by atoms with Crippen molar-refractivity contribution in [3.05, 3.63) is 101 Å². The van der Waals surface area contributed by atoms with Gasteiger partial charge in [-0.15, -0.1) is 0 Å². The zero-order valence-corrected chi connectivity index (χ0v) is 25.8. The van der Waals surface area contributed by atoms with Crippen LogP contribution in [0.5, 0.6) is 11.5 Å². The molecule has 4 aromatic rings. The van der Waals surface area contributed by atoms with Gasteiger partial charge in [0, 0.05) is 15.4 Å². The molecule has 9 heteroatoms. The van der Waals surface area contributed by atoms with Crippen LogP contribution in [0, 0.1) is 0 Å². The van der Waals surface area contributed by atoms with E-state index in [4.69, 9.17) is 19.2 Å². The van der Waals surface area contributed by atoms with Gasteiger partial charge < -0.3 is 14.2 Å². The lowest BCUT2D eigenvalue weighted by Gasteiger charge is -2.27. The minimum absolute atomic E-state index is 0.208. The van der Waals surface area contributed by atoms with Crippen molar-refractivity contribution in [1.82, 2.24) is 4.57 Å². The minimum atomic E-state index is -0.765. The first-order valence-corrected chi connectivity index (χ1v) is 15.2. The summed E-state index contributed by atoms with van der Waals surface area (Å²) >= 11 is 4.87. The Hall–Kier alpha value is -3.69. The van der Waals surface area contributed by atoms with Crippen molar-refractivity contribution in [3.8, 4) is 11.5 Å². The van der Waals surface area contributed by atoms with Crippen LogP contribution in [-0.4, -0.2) is 30.9 Å². The van der Waals surface area contributed by atoms with Crippen LogP contribution >= 0.6 is 27.3 Å². The zero-order chi connectivity index (χ0) is 29.1. The van der Waals surface area contributed by atoms with Gasteiger partial charge in [0.1, 0.15) is 17.5 Å². The molecule has 7 nitrogen and oxygen atoms in total. The third kappa shape index (κ3) is 5.48. The highest BCUT2D eigenvalue weighted by molar-refractivity contribution is 9.10. The van der Waals surface area contributed by atoms with Gasteiger partial charge in [0.05, 0.1) is 36.1 Å². The Morgan fingerprint density at radius 3 is 2.51 bits per heavy atom. The van der Waals surface area contributed by atoms with E-state index >= 15 is 0 Å². The van der Waals surface area contributed by atoms with Gasteiger partial charge in [-0.25, -0.2) is 9.79 Å². The Labute approximate surface area is 250 Å². The zero-order valence-electron chi connectivity index (χ0n) is 23.4. The molecule has 0 fully saturated rings. The molecule has 0 aliphatic carbocycles. The first kappa shape index (κ1) is 28.8. The van der Waals surface area contributed by atoms with Crippen LogP contribution in [0.1, 0.15) is 50.8 Å². The van der Waals surface area contributed by atoms with Gasteiger partial charge in [-0.1, -0.05) is 70.9 Å². The second-order valence-corrected chi connectivity index (χ2v) is 11.4. The van der Waals surface area contributed by atoms with Crippen LogP contribution < -0.4 is 24.4 Å². The molecule has 0 bridgehead atoms. The van der Waals surface area contributed by atoms with E-state index < -0.39 is 12.0 Å². The van der Waals surface area contributed by atoms with E-state index in [1.807, 2.05) is 74.5 Å². The molecule has 5 rings (SSSR count). The van der Waals surface area contributed by atoms with E-state index in [2.05, 4.69) is 15.9 Å². The number of carbonyl (C=O) groups excluding carboxylic acids is 1. The van der Waals surface area contributed by atoms with Crippen molar-refractivity contribution in [1.29, 1.82) is 0 Å². The van der Waals surface area contributed by atoms with Crippen LogP contribution in [0.3, 0.4) is 0 Å². The highest BCUT2D eigenvalue weighted by atomic mass is 79.9. The predicted molar refractivity (Wildman–Crippen MR) is 165 cm³/mol. The number of rotatable bonds is 9. The maximum Gasteiger partial charge on any atom is 0.338 e. The predicted octanol–water partition coefficient (Wildman–Crippen LogP) is 5.90. The Morgan fingerprint density at radius 2 is 1.80 bits per heavy atom. The maximum absolute atomic E-state index is 14.2. The second kappa shape index (κ2) is 12.4. The molecule has 0 unspecified atom stereocenters. The first-order chi connectivity index (χ1) is 19.9. The highest BCUT2D eigenvalue weighted by Crippen LogP contribution is 2.38. The molecule has 0 spiro atoms. The van der Waals surface area contributed by atoms with Crippen molar-refractivity contribution in [2.45, 2.75) is 39.7 Å². The monoisotopic (exact) mass is 634 g/mol. The molecule has 3 aromatic carbocycles. The van der Waals surface area contributed by atoms with Crippen molar-refractivity contribution in [2.24, 2.45) is 4.99 Å². The number of nitrogens with zero attached hydrogens (tertiary/aromatic N) is 2. The molecule has 1 atom stereocenters. The molecule has 0 saturated heterocycles. The molecule has 1 aromatic heterocycles. The molecule has 212 valence electrons. The molecular weight excluding hydrogens is 604 g/mol. The largest absolute Gasteiger partial charge is 0.496 e. The molecule has 1 aliphatic rings. The van der Waals surface area contributed by atoms with Crippen LogP contribution in [0.25, 0.3) is 16.8 Å². The van der Waals surface area contributed by atoms with Crippen molar-refractivity contribution >= 4 is 50.1 Å². The van der Waals surface area contributed by atoms with E-state index in [1.54, 1.807) is 18.6 Å². The summed E-state index contributed by atoms with van der Waals surface area (Å²) in [6.07, 6.45) is 3.23. The lowest BCUT2D eigenvalue weighted by atomic mass is 9.93. The molecule has 0 N–H and O–H groups in total. The fraction of sp³-hybridized carbons (Fsp3) is 0.281. The Bertz CT molecular complexity index is 1840. The van der Waals surface area contributed by atoms with Crippen LogP contribution in [0.15, 0.2) is 80.1 Å². The number of ether oxygens (including phenoxy) is 3. The average Bonchev–Trinajstić information content (AvgIpc) is 3.28. The third-order valence-electron chi connectivity index (χ3n) is 6.88. The number of benzene rings is 3. The Balaban J connectivity index is 1.80. The number of methoxy groups -OCH3 is 1. The average molecular weight is 636 g/mol. The summed E-state index contributed by atoms with van der Waals surface area (Å²) in [6.45, 7) is 6.52. The number of aromatic nitrogens is 1. The van der Waals surface area contributed by atoms with E-state index in [1.165, 1.54) is 11.3 Å². The SMILES string of the molecule is CCCC1=C(C(=O)OCC)[C@H](c2cc(Br)ccc2OC)n2c(s/c(=C/c3ccc(OCC)c4ccccc34)c2=O)=N1. The number of esters is 1. The summed E-state index contributed by atoms with van der Waals surface area (Å²) < 4.78 is 20.0. The number of hydrogen-bond acceptors (Lipinski definition) is 7. The van der Waals surface area contributed by atoms with Crippen LogP contribution in [0.4, 0.5) is 0 Å². The quantitative estimate of drug-likeness (QED) is 0.214. The van der Waals surface area contributed by atoms with E-state index in [0.29, 0.717) is 44.9 Å². The van der Waals surface area contributed by atoms with Crippen molar-refractivity contribution < 1.29 is 19.0 Å². The van der Waals surface area contributed by atoms with Gasteiger partial charge in [-0.2, -0.15) is 0 Å². The van der Waals surface area contributed by atoms with E-state index in [9.17, 15) is 9.59 Å². The number of hydrogen-bond donors (Lipinski definition) is 0. The summed E-state index contributed by atoms with van der Waals surface area (Å²) in [5.74, 6) is 0.870. The smallest absolute Gasteiger partial charge is 0.338 e. The normalized spacial score (nSPS) is 15.0. The van der Waals surface area contributed by atoms with Crippen LogP contribution in [0.2, 0.25) is 0 Å². The molecule has 0 saturated carbocycles. The minimum Gasteiger partial charge on any atom is -0.496 e. The maximum atomic E-state index is 14.2. The summed E-state index contributed by atoms with van der Waals surface area (Å²) in [4.78, 5) is 33.1. The third-order valence-corrected chi connectivity index (χ3v) is 8.36. The summed E-state index contributed by atoms with van der Waals surface area (Å²) in [6, 6.07) is 16.7. The molecule has 41 heavy (non-hydrogen) atoms. The Kier molecular flexibility index (Phi) is 8.75. The van der Waals surface area contributed by atoms with Gasteiger partial charge in [0.15, 0.2) is 4.80 Å². The summed E-state index contributed by atoms with van der Waals surface area (Å²) in [5.41, 5.74) is 2.31. The molecule has 1 aliphatic heterocycles. The second-order valence-electron chi connectivity index (χ2n) is 9.43. The topological polar surface area (TPSA) is 79.1 Å². The number of fused-ring (bicyclic) bond motifs is 2. The van der Waals surface area contributed by atoms with Crippen LogP contribution in [-0.2, 0) is 9.53 Å². The standard InChI is InChI=1S/C32H31BrN2O5S/c1-5-10-24-28(31(37)40-7-3)29(23-18-20(33)14-16-25(23)38-4)35-30(36)27(41-32(35)34-24)17-19-13-15-26(39-6-2)22-12-9-8-11-21(19)22/h8-9,11-18,29H,5-7,10H2,1-4H3/b27-17+/t29-/m0/s1. The van der Waals surface area contributed by atoms with Gasteiger partial charge in [-0.05, 0) is 61.6 Å². The van der Waals surface area contributed by atoms with Gasteiger partial charge >= 0.3 is 5.97 Å². The number of carbonyl (C=O) groups is 1. The fourth-order valence-electron chi connectivity index (χ4n) is 5.18.